The van der Waals surface area contributed by atoms with Gasteiger partial charge in [-0.25, -0.2) is 8.78 Å². The molecule has 0 aliphatic rings. The number of amides is 1. The van der Waals surface area contributed by atoms with Crippen molar-refractivity contribution in [2.75, 3.05) is 5.32 Å². The maximum absolute atomic E-state index is 12.7. The Morgan fingerprint density at radius 3 is 2.46 bits per heavy atom. The Morgan fingerprint density at radius 1 is 1.38 bits per heavy atom. The minimum Gasteiger partial charge on any atom is -0.325 e. The summed E-state index contributed by atoms with van der Waals surface area (Å²) in [6.45, 7) is 1.29. The van der Waals surface area contributed by atoms with Gasteiger partial charge in [0.15, 0.2) is 11.6 Å². The van der Waals surface area contributed by atoms with E-state index in [1.165, 1.54) is 6.92 Å². The number of halogens is 3. The highest BCUT2D eigenvalue weighted by Gasteiger charge is 2.08. The smallest absolute Gasteiger partial charge is 0.221 e. The molecule has 0 aliphatic heterocycles. The Morgan fingerprint density at radius 2 is 1.92 bits per heavy atom. The summed E-state index contributed by atoms with van der Waals surface area (Å²) in [6, 6.07) is 1.88. The molecule has 13 heavy (non-hydrogen) atoms. The van der Waals surface area contributed by atoms with Crippen molar-refractivity contribution < 1.29 is 13.6 Å². The highest BCUT2D eigenvalue weighted by Crippen LogP contribution is 2.25. The van der Waals surface area contributed by atoms with Crippen LogP contribution in [0.4, 0.5) is 14.5 Å². The van der Waals surface area contributed by atoms with Crippen LogP contribution in [-0.4, -0.2) is 5.91 Å². The lowest BCUT2D eigenvalue weighted by Gasteiger charge is -2.04. The minimum absolute atomic E-state index is 0.214. The van der Waals surface area contributed by atoms with Crippen molar-refractivity contribution in [3.63, 3.8) is 0 Å². The maximum atomic E-state index is 12.7. The molecule has 2 nitrogen and oxygen atoms in total. The first kappa shape index (κ1) is 10.1. The first-order valence-electron chi connectivity index (χ1n) is 3.43. The number of benzene rings is 1. The van der Waals surface area contributed by atoms with Crippen molar-refractivity contribution >= 4 is 27.5 Å². The summed E-state index contributed by atoms with van der Waals surface area (Å²) in [5, 5.41) is 2.35. The third-order valence-electron chi connectivity index (χ3n) is 1.32. The average molecular weight is 250 g/mol. The van der Waals surface area contributed by atoms with Gasteiger partial charge in [0.05, 0.1) is 5.69 Å². The van der Waals surface area contributed by atoms with Gasteiger partial charge in [0.25, 0.3) is 0 Å². The summed E-state index contributed by atoms with van der Waals surface area (Å²) in [7, 11) is 0. The van der Waals surface area contributed by atoms with Gasteiger partial charge >= 0.3 is 0 Å². The molecule has 0 heterocycles. The van der Waals surface area contributed by atoms with E-state index in [1.807, 2.05) is 0 Å². The average Bonchev–Trinajstić information content (AvgIpc) is 1.99. The lowest BCUT2D eigenvalue weighted by Crippen LogP contribution is -2.07. The number of nitrogens with one attached hydrogen (secondary N) is 1. The molecule has 0 spiro atoms. The molecule has 0 fully saturated rings. The van der Waals surface area contributed by atoms with Crippen LogP contribution in [0, 0.1) is 11.6 Å². The Hall–Kier alpha value is -0.970. The normalized spacial score (nSPS) is 9.85. The van der Waals surface area contributed by atoms with E-state index in [9.17, 15) is 13.6 Å². The number of carbonyl (C=O) groups is 1. The molecule has 1 aromatic carbocycles. The van der Waals surface area contributed by atoms with Crippen molar-refractivity contribution in [1.82, 2.24) is 0 Å². The van der Waals surface area contributed by atoms with Gasteiger partial charge in [-0.2, -0.15) is 0 Å². The van der Waals surface area contributed by atoms with Gasteiger partial charge in [0.1, 0.15) is 0 Å². The number of hydrogen-bond acceptors (Lipinski definition) is 1. The van der Waals surface area contributed by atoms with E-state index in [4.69, 9.17) is 0 Å². The molecule has 70 valence electrons. The van der Waals surface area contributed by atoms with Gasteiger partial charge < -0.3 is 5.32 Å². The third kappa shape index (κ3) is 2.48. The van der Waals surface area contributed by atoms with E-state index >= 15 is 0 Å². The van der Waals surface area contributed by atoms with Crippen LogP contribution in [0.15, 0.2) is 16.6 Å². The predicted octanol–water partition coefficient (Wildman–Crippen LogP) is 2.69. The molecule has 0 unspecified atom stereocenters. The largest absolute Gasteiger partial charge is 0.325 e. The molecule has 0 saturated heterocycles. The zero-order valence-corrected chi connectivity index (χ0v) is 8.28. The molecule has 0 aromatic heterocycles. The first-order chi connectivity index (χ1) is 6.00. The van der Waals surface area contributed by atoms with Crippen LogP contribution in [-0.2, 0) is 4.79 Å². The maximum Gasteiger partial charge on any atom is 0.221 e. The quantitative estimate of drug-likeness (QED) is 0.763. The summed E-state index contributed by atoms with van der Waals surface area (Å²) >= 11 is 2.99. The van der Waals surface area contributed by atoms with Crippen LogP contribution in [0.25, 0.3) is 0 Å². The monoisotopic (exact) mass is 249 g/mol. The van der Waals surface area contributed by atoms with Crippen LogP contribution < -0.4 is 5.32 Å². The van der Waals surface area contributed by atoms with Crippen LogP contribution >= 0.6 is 15.9 Å². The van der Waals surface area contributed by atoms with Gasteiger partial charge in [-0.3, -0.25) is 4.79 Å². The third-order valence-corrected chi connectivity index (χ3v) is 1.98. The molecule has 1 amide bonds. The molecule has 0 bridgehead atoms. The molecule has 0 atom stereocenters. The van der Waals surface area contributed by atoms with E-state index in [-0.39, 0.29) is 11.6 Å². The van der Waals surface area contributed by atoms with Gasteiger partial charge in [-0.1, -0.05) is 0 Å². The predicted molar refractivity (Wildman–Crippen MR) is 48.4 cm³/mol. The van der Waals surface area contributed by atoms with E-state index in [1.54, 1.807) is 0 Å². The van der Waals surface area contributed by atoms with Crippen molar-refractivity contribution in [3.05, 3.63) is 28.2 Å². The zero-order chi connectivity index (χ0) is 10.0. The Kier molecular flexibility index (Phi) is 2.98. The van der Waals surface area contributed by atoms with Crippen molar-refractivity contribution in [2.24, 2.45) is 0 Å². The molecule has 0 radical (unpaired) electrons. The van der Waals surface area contributed by atoms with Crippen LogP contribution in [0.3, 0.4) is 0 Å². The van der Waals surface area contributed by atoms with E-state index in [2.05, 4.69) is 21.2 Å². The second-order valence-electron chi connectivity index (χ2n) is 2.43. The highest BCUT2D eigenvalue weighted by atomic mass is 79.9. The molecular formula is C8H6BrF2NO. The van der Waals surface area contributed by atoms with E-state index in [0.29, 0.717) is 4.47 Å². The second-order valence-corrected chi connectivity index (χ2v) is 3.28. The summed E-state index contributed by atoms with van der Waals surface area (Å²) in [4.78, 5) is 10.6. The minimum atomic E-state index is -0.994. The SMILES string of the molecule is CC(=O)Nc1cc(F)c(F)cc1Br. The van der Waals surface area contributed by atoms with E-state index in [0.717, 1.165) is 12.1 Å². The van der Waals surface area contributed by atoms with Crippen molar-refractivity contribution in [1.29, 1.82) is 0 Å². The Bertz CT molecular complexity index is 354. The summed E-state index contributed by atoms with van der Waals surface area (Å²) in [5.41, 5.74) is 0.214. The molecule has 5 heteroatoms. The Balaban J connectivity index is 3.08. The van der Waals surface area contributed by atoms with Crippen LogP contribution in [0.2, 0.25) is 0 Å². The number of hydrogen-bond donors (Lipinski definition) is 1. The number of rotatable bonds is 1. The summed E-state index contributed by atoms with van der Waals surface area (Å²) in [6.07, 6.45) is 0. The molecule has 1 rings (SSSR count). The van der Waals surface area contributed by atoms with Crippen LogP contribution in [0.1, 0.15) is 6.92 Å². The zero-order valence-electron chi connectivity index (χ0n) is 6.70. The fraction of sp³-hybridized carbons (Fsp3) is 0.125. The van der Waals surface area contributed by atoms with Gasteiger partial charge in [0, 0.05) is 17.5 Å². The fourth-order valence-electron chi connectivity index (χ4n) is 0.808. The first-order valence-corrected chi connectivity index (χ1v) is 4.22. The molecular weight excluding hydrogens is 244 g/mol. The summed E-state index contributed by atoms with van der Waals surface area (Å²) in [5.74, 6) is -2.29. The highest BCUT2D eigenvalue weighted by molar-refractivity contribution is 9.10. The van der Waals surface area contributed by atoms with Gasteiger partial charge in [0.2, 0.25) is 5.91 Å². The van der Waals surface area contributed by atoms with E-state index < -0.39 is 11.6 Å². The molecule has 0 aliphatic carbocycles. The van der Waals surface area contributed by atoms with Crippen molar-refractivity contribution in [3.8, 4) is 0 Å². The number of anilines is 1. The Labute approximate surface area is 82.1 Å². The van der Waals surface area contributed by atoms with Crippen LogP contribution in [0.5, 0.6) is 0 Å². The lowest BCUT2D eigenvalue weighted by molar-refractivity contribution is -0.114. The molecule has 1 aromatic rings. The topological polar surface area (TPSA) is 29.1 Å². The molecule has 1 N–H and O–H groups in total. The standard InChI is InChI=1S/C8H6BrF2NO/c1-4(13)12-8-3-7(11)6(10)2-5(8)9/h2-3H,1H3,(H,12,13). The second kappa shape index (κ2) is 3.83. The molecule has 0 saturated carbocycles. The van der Waals surface area contributed by atoms with Gasteiger partial charge in [-0.05, 0) is 22.0 Å². The number of carbonyl (C=O) groups excluding carboxylic acids is 1. The lowest BCUT2D eigenvalue weighted by atomic mass is 10.3. The van der Waals surface area contributed by atoms with Crippen molar-refractivity contribution in [2.45, 2.75) is 6.92 Å². The summed E-state index contributed by atoms with van der Waals surface area (Å²) < 4.78 is 25.5. The van der Waals surface area contributed by atoms with Gasteiger partial charge in [-0.15, -0.1) is 0 Å². The fourth-order valence-corrected chi connectivity index (χ4v) is 1.22.